The van der Waals surface area contributed by atoms with Crippen molar-refractivity contribution in [2.75, 3.05) is 6.54 Å². The van der Waals surface area contributed by atoms with E-state index in [1.54, 1.807) is 6.08 Å². The first-order chi connectivity index (χ1) is 16.1. The molecule has 0 fully saturated rings. The van der Waals surface area contributed by atoms with E-state index >= 15 is 0 Å². The lowest BCUT2D eigenvalue weighted by molar-refractivity contribution is -0.118. The highest BCUT2D eigenvalue weighted by Crippen LogP contribution is 2.22. The highest BCUT2D eigenvalue weighted by molar-refractivity contribution is 5.87. The van der Waals surface area contributed by atoms with Gasteiger partial charge in [0.1, 0.15) is 0 Å². The number of aliphatic hydroxyl groups is 1. The van der Waals surface area contributed by atoms with Gasteiger partial charge in [0.15, 0.2) is 0 Å². The Morgan fingerprint density at radius 1 is 0.667 bits per heavy atom. The summed E-state index contributed by atoms with van der Waals surface area (Å²) in [6.07, 6.45) is 34.9. The van der Waals surface area contributed by atoms with Crippen LogP contribution in [0.5, 0.6) is 0 Å². The molecule has 0 saturated heterocycles. The number of hydrogen-bond acceptors (Lipinski definition) is 2. The number of carbonyl (C=O) groups is 1. The smallest absolute Gasteiger partial charge is 0.243 e. The summed E-state index contributed by atoms with van der Waals surface area (Å²) in [5, 5.41) is 13.9. The van der Waals surface area contributed by atoms with Gasteiger partial charge in [0.25, 0.3) is 0 Å². The van der Waals surface area contributed by atoms with Gasteiger partial charge in [-0.25, -0.2) is 0 Å². The molecule has 0 heterocycles. The molecule has 0 radical (unpaired) electrons. The lowest BCUT2D eigenvalue weighted by Crippen LogP contribution is -2.42. The molecule has 0 saturated carbocycles. The maximum absolute atomic E-state index is 12.1. The quantitative estimate of drug-likeness (QED) is 0.104. The van der Waals surface area contributed by atoms with Crippen LogP contribution >= 0.6 is 0 Å². The zero-order valence-electron chi connectivity index (χ0n) is 21.7. The van der Waals surface area contributed by atoms with Crippen LogP contribution in [-0.2, 0) is 4.79 Å². The maximum atomic E-state index is 12.1. The van der Waals surface area contributed by atoms with Crippen LogP contribution in [0.1, 0.15) is 111 Å². The number of carbonyl (C=O) groups excluding carboxylic acids is 1. The van der Waals surface area contributed by atoms with Crippen molar-refractivity contribution in [1.29, 1.82) is 0 Å². The Hall–Kier alpha value is -1.87. The highest BCUT2D eigenvalue weighted by atomic mass is 16.3. The Kier molecular flexibility index (Phi) is 22.0. The van der Waals surface area contributed by atoms with E-state index in [0.29, 0.717) is 6.54 Å². The fraction of sp³-hybridized carbons (Fsp3) is 0.633. The zero-order valence-corrected chi connectivity index (χ0v) is 21.7. The molecule has 0 aliphatic rings. The van der Waals surface area contributed by atoms with Gasteiger partial charge >= 0.3 is 0 Å². The summed E-state index contributed by atoms with van der Waals surface area (Å²) in [4.78, 5) is 12.1. The Morgan fingerprint density at radius 2 is 1.15 bits per heavy atom. The highest BCUT2D eigenvalue weighted by Gasteiger charge is 2.26. The maximum Gasteiger partial charge on any atom is 0.243 e. The average molecular weight is 458 g/mol. The van der Waals surface area contributed by atoms with Crippen LogP contribution in [0.4, 0.5) is 0 Å². The first-order valence-electron chi connectivity index (χ1n) is 13.4. The monoisotopic (exact) mass is 457 g/mol. The molecule has 1 amide bonds. The van der Waals surface area contributed by atoms with E-state index in [0.717, 1.165) is 70.6 Å². The normalized spacial score (nSPS) is 13.0. The third-order valence-electron chi connectivity index (χ3n) is 5.65. The van der Waals surface area contributed by atoms with E-state index in [-0.39, 0.29) is 5.91 Å². The fourth-order valence-electron chi connectivity index (χ4n) is 3.52. The van der Waals surface area contributed by atoms with Crippen molar-refractivity contribution in [3.63, 3.8) is 0 Å². The summed E-state index contributed by atoms with van der Waals surface area (Å²) in [6.45, 7) is 6.90. The Labute approximate surface area is 204 Å². The first-order valence-corrected chi connectivity index (χ1v) is 13.4. The zero-order chi connectivity index (χ0) is 24.5. The molecule has 0 aromatic heterocycles. The molecular formula is C30H51NO2. The molecule has 0 atom stereocenters. The topological polar surface area (TPSA) is 49.3 Å². The number of allylic oxidation sites excluding steroid dienone is 9. The van der Waals surface area contributed by atoms with Crippen molar-refractivity contribution in [2.24, 2.45) is 0 Å². The van der Waals surface area contributed by atoms with Crippen molar-refractivity contribution >= 4 is 5.91 Å². The molecule has 33 heavy (non-hydrogen) atoms. The minimum absolute atomic E-state index is 0.115. The molecule has 0 bridgehead atoms. The van der Waals surface area contributed by atoms with E-state index in [1.165, 1.54) is 19.3 Å². The number of rotatable bonds is 21. The van der Waals surface area contributed by atoms with E-state index in [1.807, 2.05) is 30.4 Å². The van der Waals surface area contributed by atoms with Gasteiger partial charge in [0, 0.05) is 6.54 Å². The third kappa shape index (κ3) is 21.7. The molecule has 3 heteroatoms. The van der Waals surface area contributed by atoms with Crippen LogP contribution in [0.25, 0.3) is 0 Å². The number of nitrogens with one attached hydrogen (secondary N) is 1. The summed E-state index contributed by atoms with van der Waals surface area (Å²) >= 11 is 0. The molecule has 2 N–H and O–H groups in total. The standard InChI is InChI=1S/C30H51NO2/c1-4-7-10-11-12-13-14-15-16-17-18-19-20-21-22-25-29(32)31-28-30(33,26-23-8-5-2)27-24-9-6-3/h12-19,22,25,33H,4-11,20-21,23-24,26-28H2,1-3H3,(H,31,32). The molecule has 0 aromatic rings. The van der Waals surface area contributed by atoms with Crippen LogP contribution in [0.2, 0.25) is 0 Å². The summed E-state index contributed by atoms with van der Waals surface area (Å²) in [5.41, 5.74) is -0.776. The third-order valence-corrected chi connectivity index (χ3v) is 5.65. The summed E-state index contributed by atoms with van der Waals surface area (Å²) in [7, 11) is 0. The second kappa shape index (κ2) is 23.3. The van der Waals surface area contributed by atoms with Crippen molar-refractivity contribution in [1.82, 2.24) is 5.32 Å². The van der Waals surface area contributed by atoms with Crippen LogP contribution in [0.15, 0.2) is 60.8 Å². The van der Waals surface area contributed by atoms with Gasteiger partial charge in [-0.3, -0.25) is 4.79 Å². The van der Waals surface area contributed by atoms with Gasteiger partial charge in [-0.1, -0.05) is 127 Å². The van der Waals surface area contributed by atoms with Gasteiger partial charge in [-0.15, -0.1) is 0 Å². The van der Waals surface area contributed by atoms with Crippen molar-refractivity contribution in [2.45, 2.75) is 116 Å². The first kappa shape index (κ1) is 31.1. The van der Waals surface area contributed by atoms with E-state index in [9.17, 15) is 9.90 Å². The second-order valence-corrected chi connectivity index (χ2v) is 8.96. The largest absolute Gasteiger partial charge is 0.388 e. The molecule has 3 nitrogen and oxygen atoms in total. The van der Waals surface area contributed by atoms with E-state index < -0.39 is 5.60 Å². The number of unbranched alkanes of at least 4 members (excludes halogenated alkanes) is 8. The van der Waals surface area contributed by atoms with Crippen LogP contribution in [-0.4, -0.2) is 23.2 Å². The van der Waals surface area contributed by atoms with Gasteiger partial charge < -0.3 is 10.4 Å². The minimum atomic E-state index is -0.776. The molecule has 0 spiro atoms. The van der Waals surface area contributed by atoms with Gasteiger partial charge in [-0.2, -0.15) is 0 Å². The second-order valence-electron chi connectivity index (χ2n) is 8.96. The number of hydrogen-bond donors (Lipinski definition) is 2. The van der Waals surface area contributed by atoms with Crippen LogP contribution in [0, 0.1) is 0 Å². The van der Waals surface area contributed by atoms with Crippen molar-refractivity contribution < 1.29 is 9.90 Å². The molecule has 0 unspecified atom stereocenters. The SMILES string of the molecule is CCCCCC=CC=CC=CC=CCCC=CC(=O)NCC(O)(CCCCC)CCCCC. The van der Waals surface area contributed by atoms with Crippen molar-refractivity contribution in [3.8, 4) is 0 Å². The van der Waals surface area contributed by atoms with Gasteiger partial charge in [0.05, 0.1) is 5.60 Å². The number of amides is 1. The van der Waals surface area contributed by atoms with E-state index in [4.69, 9.17) is 0 Å². The molecule has 188 valence electrons. The molecular weight excluding hydrogens is 406 g/mol. The molecule has 0 aliphatic heterocycles. The lowest BCUT2D eigenvalue weighted by Gasteiger charge is -2.28. The van der Waals surface area contributed by atoms with Gasteiger partial charge in [0.2, 0.25) is 5.91 Å². The lowest BCUT2D eigenvalue weighted by atomic mass is 9.90. The van der Waals surface area contributed by atoms with Crippen LogP contribution < -0.4 is 5.32 Å². The summed E-state index contributed by atoms with van der Waals surface area (Å²) in [6, 6.07) is 0. The minimum Gasteiger partial charge on any atom is -0.388 e. The predicted octanol–water partition coefficient (Wildman–Crippen LogP) is 8.14. The summed E-state index contributed by atoms with van der Waals surface area (Å²) < 4.78 is 0. The predicted molar refractivity (Wildman–Crippen MR) is 145 cm³/mol. The Morgan fingerprint density at radius 3 is 1.73 bits per heavy atom. The molecule has 0 aromatic carbocycles. The van der Waals surface area contributed by atoms with E-state index in [2.05, 4.69) is 50.4 Å². The molecule has 0 aliphatic carbocycles. The summed E-state index contributed by atoms with van der Waals surface area (Å²) in [5.74, 6) is -0.115. The molecule has 0 rings (SSSR count). The Bertz CT molecular complexity index is 588. The average Bonchev–Trinajstić information content (AvgIpc) is 2.81. The van der Waals surface area contributed by atoms with Gasteiger partial charge in [-0.05, 0) is 44.6 Å². The fourth-order valence-corrected chi connectivity index (χ4v) is 3.52. The van der Waals surface area contributed by atoms with Crippen molar-refractivity contribution in [3.05, 3.63) is 60.8 Å². The Balaban J connectivity index is 4.10. The van der Waals surface area contributed by atoms with Crippen LogP contribution in [0.3, 0.4) is 0 Å².